The molecule has 0 fully saturated rings. The Hall–Kier alpha value is -0.770. The number of rotatable bonds is 4. The van der Waals surface area contributed by atoms with Gasteiger partial charge in [-0.2, -0.15) is 0 Å². The highest BCUT2D eigenvalue weighted by Crippen LogP contribution is 2.11. The van der Waals surface area contributed by atoms with Gasteiger partial charge in [-0.3, -0.25) is 4.79 Å². The van der Waals surface area contributed by atoms with E-state index in [9.17, 15) is 9.90 Å². The summed E-state index contributed by atoms with van der Waals surface area (Å²) in [6.07, 6.45) is -0.748. The van der Waals surface area contributed by atoms with Gasteiger partial charge >= 0.3 is 0 Å². The van der Waals surface area contributed by atoms with Gasteiger partial charge in [0, 0.05) is 6.54 Å². The van der Waals surface area contributed by atoms with Crippen molar-refractivity contribution in [2.45, 2.75) is 10.9 Å². The van der Waals surface area contributed by atoms with Crippen molar-refractivity contribution in [2.24, 2.45) is 0 Å². The summed E-state index contributed by atoms with van der Waals surface area (Å²) in [5, 5.41) is 12.1. The fourth-order valence-corrected chi connectivity index (χ4v) is 1.22. The average Bonchev–Trinajstić information content (AvgIpc) is 2.26. The molecule has 1 atom stereocenters. The maximum Gasteiger partial charge on any atom is 0.253 e. The van der Waals surface area contributed by atoms with E-state index in [4.69, 9.17) is 23.2 Å². The Morgan fingerprint density at radius 2 is 1.93 bits per heavy atom. The first-order valence-electron chi connectivity index (χ1n) is 4.40. The number of carbonyl (C=O) groups is 1. The van der Waals surface area contributed by atoms with Gasteiger partial charge < -0.3 is 10.4 Å². The Balaban J connectivity index is 2.44. The molecule has 0 aliphatic heterocycles. The Kier molecular flexibility index (Phi) is 4.88. The predicted molar refractivity (Wildman–Crippen MR) is 59.9 cm³/mol. The van der Waals surface area contributed by atoms with E-state index in [0.717, 1.165) is 5.56 Å². The molecule has 0 saturated carbocycles. The lowest BCUT2D eigenvalue weighted by Gasteiger charge is -2.12. The fourth-order valence-electron chi connectivity index (χ4n) is 1.07. The van der Waals surface area contributed by atoms with E-state index in [1.165, 1.54) is 0 Å². The van der Waals surface area contributed by atoms with Gasteiger partial charge in [-0.1, -0.05) is 53.5 Å². The molecule has 1 aromatic rings. The summed E-state index contributed by atoms with van der Waals surface area (Å²) in [6.45, 7) is 0.0960. The lowest BCUT2D eigenvalue weighted by atomic mass is 10.1. The molecule has 5 heteroatoms. The molecule has 2 N–H and O–H groups in total. The van der Waals surface area contributed by atoms with E-state index in [2.05, 4.69) is 5.32 Å². The van der Waals surface area contributed by atoms with Gasteiger partial charge in [0.25, 0.3) is 5.91 Å². The van der Waals surface area contributed by atoms with Crippen LogP contribution in [0.2, 0.25) is 0 Å². The highest BCUT2D eigenvalue weighted by molar-refractivity contribution is 6.53. The molecule has 0 aliphatic carbocycles. The van der Waals surface area contributed by atoms with Gasteiger partial charge in [0.1, 0.15) is 0 Å². The Morgan fingerprint density at radius 1 is 1.33 bits per heavy atom. The summed E-state index contributed by atoms with van der Waals surface area (Å²) in [6, 6.07) is 9.02. The van der Waals surface area contributed by atoms with Gasteiger partial charge in [-0.15, -0.1) is 0 Å². The summed E-state index contributed by atoms with van der Waals surface area (Å²) in [5.41, 5.74) is 0.735. The molecule has 15 heavy (non-hydrogen) atoms. The number of aliphatic hydroxyl groups excluding tert-OH is 1. The van der Waals surface area contributed by atoms with Crippen LogP contribution in [-0.2, 0) is 4.79 Å². The third kappa shape index (κ3) is 4.08. The van der Waals surface area contributed by atoms with Crippen molar-refractivity contribution in [2.75, 3.05) is 6.54 Å². The van der Waals surface area contributed by atoms with Crippen LogP contribution in [0.3, 0.4) is 0 Å². The molecule has 0 aliphatic rings. The number of amides is 1. The van der Waals surface area contributed by atoms with E-state index in [1.54, 1.807) is 12.1 Å². The molecule has 82 valence electrons. The van der Waals surface area contributed by atoms with Gasteiger partial charge in [0.2, 0.25) is 0 Å². The molecule has 0 heterocycles. The second kappa shape index (κ2) is 5.95. The van der Waals surface area contributed by atoms with Gasteiger partial charge in [0.15, 0.2) is 4.84 Å². The van der Waals surface area contributed by atoms with Crippen molar-refractivity contribution >= 4 is 29.1 Å². The zero-order chi connectivity index (χ0) is 11.3. The molecule has 3 nitrogen and oxygen atoms in total. The summed E-state index contributed by atoms with van der Waals surface area (Å²) in [7, 11) is 0. The number of hydrogen-bond acceptors (Lipinski definition) is 2. The van der Waals surface area contributed by atoms with E-state index < -0.39 is 16.8 Å². The quantitative estimate of drug-likeness (QED) is 0.796. The maximum absolute atomic E-state index is 11.0. The molecule has 0 spiro atoms. The largest absolute Gasteiger partial charge is 0.387 e. The van der Waals surface area contributed by atoms with Crippen LogP contribution in [-0.4, -0.2) is 22.4 Å². The monoisotopic (exact) mass is 247 g/mol. The van der Waals surface area contributed by atoms with Gasteiger partial charge in [0.05, 0.1) is 6.10 Å². The number of alkyl halides is 2. The van der Waals surface area contributed by atoms with Gasteiger partial charge in [-0.05, 0) is 5.56 Å². The average molecular weight is 248 g/mol. The van der Waals surface area contributed by atoms with Crippen LogP contribution in [0.4, 0.5) is 0 Å². The maximum atomic E-state index is 11.0. The molecule has 0 saturated heterocycles. The summed E-state index contributed by atoms with van der Waals surface area (Å²) in [4.78, 5) is 9.89. The van der Waals surface area contributed by atoms with Crippen LogP contribution in [0.5, 0.6) is 0 Å². The second-order valence-electron chi connectivity index (χ2n) is 2.97. The molecular weight excluding hydrogens is 237 g/mol. The molecular formula is C10H11Cl2NO2. The molecule has 0 radical (unpaired) electrons. The van der Waals surface area contributed by atoms with Crippen LogP contribution in [0.15, 0.2) is 30.3 Å². The molecule has 1 rings (SSSR count). The van der Waals surface area contributed by atoms with E-state index in [-0.39, 0.29) is 6.54 Å². The number of carbonyl (C=O) groups excluding carboxylic acids is 1. The topological polar surface area (TPSA) is 49.3 Å². The van der Waals surface area contributed by atoms with Crippen LogP contribution in [0.1, 0.15) is 11.7 Å². The van der Waals surface area contributed by atoms with Crippen LogP contribution >= 0.6 is 23.2 Å². The molecule has 0 bridgehead atoms. The lowest BCUT2D eigenvalue weighted by Crippen LogP contribution is -2.32. The normalized spacial score (nSPS) is 12.5. The number of aliphatic hydroxyl groups is 1. The van der Waals surface area contributed by atoms with Crippen molar-refractivity contribution in [3.05, 3.63) is 35.9 Å². The third-order valence-corrected chi connectivity index (χ3v) is 2.25. The fraction of sp³-hybridized carbons (Fsp3) is 0.300. The van der Waals surface area contributed by atoms with Crippen LogP contribution in [0.25, 0.3) is 0 Å². The van der Waals surface area contributed by atoms with Crippen molar-refractivity contribution in [3.8, 4) is 0 Å². The zero-order valence-corrected chi connectivity index (χ0v) is 9.37. The number of halogens is 2. The number of hydrogen-bond donors (Lipinski definition) is 2. The standard InChI is InChI=1S/C10H11Cl2NO2/c11-9(12)10(15)13-6-8(14)7-4-2-1-3-5-7/h1-5,8-9,14H,6H2,(H,13,15). The Morgan fingerprint density at radius 3 is 2.47 bits per heavy atom. The Labute approximate surface area is 98.0 Å². The summed E-state index contributed by atoms with van der Waals surface area (Å²) < 4.78 is 0. The van der Waals surface area contributed by atoms with E-state index in [1.807, 2.05) is 18.2 Å². The first-order valence-corrected chi connectivity index (χ1v) is 5.27. The number of nitrogens with one attached hydrogen (secondary N) is 1. The highest BCUT2D eigenvalue weighted by Gasteiger charge is 2.13. The van der Waals surface area contributed by atoms with E-state index in [0.29, 0.717) is 0 Å². The molecule has 0 aromatic heterocycles. The highest BCUT2D eigenvalue weighted by atomic mass is 35.5. The first-order chi connectivity index (χ1) is 7.11. The minimum atomic E-state index is -1.10. The Bertz CT molecular complexity index is 316. The smallest absolute Gasteiger partial charge is 0.253 e. The van der Waals surface area contributed by atoms with Crippen molar-refractivity contribution in [1.29, 1.82) is 0 Å². The summed E-state index contributed by atoms with van der Waals surface area (Å²) >= 11 is 10.7. The zero-order valence-electron chi connectivity index (χ0n) is 7.86. The van der Waals surface area contributed by atoms with Crippen molar-refractivity contribution in [1.82, 2.24) is 5.32 Å². The van der Waals surface area contributed by atoms with Crippen molar-refractivity contribution < 1.29 is 9.90 Å². The SMILES string of the molecule is O=C(NCC(O)c1ccccc1)C(Cl)Cl. The van der Waals surface area contributed by atoms with E-state index >= 15 is 0 Å². The first kappa shape index (κ1) is 12.3. The molecule has 1 unspecified atom stereocenters. The predicted octanol–water partition coefficient (Wildman–Crippen LogP) is 1.64. The third-order valence-electron chi connectivity index (χ3n) is 1.85. The number of benzene rings is 1. The van der Waals surface area contributed by atoms with Crippen LogP contribution in [0, 0.1) is 0 Å². The second-order valence-corrected chi connectivity index (χ2v) is 4.07. The molecule has 1 aromatic carbocycles. The minimum absolute atomic E-state index is 0.0960. The summed E-state index contributed by atoms with van der Waals surface area (Å²) in [5.74, 6) is -0.506. The lowest BCUT2D eigenvalue weighted by molar-refractivity contribution is -0.119. The van der Waals surface area contributed by atoms with Crippen molar-refractivity contribution in [3.63, 3.8) is 0 Å². The van der Waals surface area contributed by atoms with Crippen LogP contribution < -0.4 is 5.32 Å². The van der Waals surface area contributed by atoms with Gasteiger partial charge in [-0.25, -0.2) is 0 Å². The molecule has 1 amide bonds. The minimum Gasteiger partial charge on any atom is -0.387 e.